The Labute approximate surface area is 110 Å². The monoisotopic (exact) mass is 270 g/mol. The van der Waals surface area contributed by atoms with Gasteiger partial charge in [-0.25, -0.2) is 0 Å². The van der Waals surface area contributed by atoms with Crippen molar-refractivity contribution >= 4 is 11.7 Å². The molecule has 0 aromatic carbocycles. The van der Waals surface area contributed by atoms with Gasteiger partial charge in [-0.15, -0.1) is 0 Å². The topological polar surface area (TPSA) is 99.3 Å². The van der Waals surface area contributed by atoms with E-state index in [0.717, 1.165) is 6.42 Å². The normalized spacial score (nSPS) is 10.4. The van der Waals surface area contributed by atoms with Crippen LogP contribution in [0.1, 0.15) is 19.0 Å². The number of hydrogen-bond donors (Lipinski definition) is 1. The fourth-order valence-corrected chi connectivity index (χ4v) is 1.48. The van der Waals surface area contributed by atoms with E-state index in [1.165, 1.54) is 10.7 Å². The first kappa shape index (κ1) is 15.1. The highest BCUT2D eigenvalue weighted by molar-refractivity contribution is 5.75. The number of ether oxygens (including phenoxy) is 1. The maximum Gasteiger partial charge on any atom is 0.390 e. The minimum Gasteiger partial charge on any atom is -0.382 e. The van der Waals surface area contributed by atoms with Crippen LogP contribution in [0.4, 0.5) is 5.82 Å². The lowest BCUT2D eigenvalue weighted by atomic mass is 10.4. The Kier molecular flexibility index (Phi) is 5.94. The maximum absolute atomic E-state index is 11.6. The summed E-state index contributed by atoms with van der Waals surface area (Å²) in [4.78, 5) is 21.6. The molecule has 19 heavy (non-hydrogen) atoms. The Morgan fingerprint density at radius 2 is 2.37 bits per heavy atom. The molecule has 0 aliphatic heterocycles. The second kappa shape index (κ2) is 7.47. The quantitative estimate of drug-likeness (QED) is 0.424. The summed E-state index contributed by atoms with van der Waals surface area (Å²) >= 11 is 0. The van der Waals surface area contributed by atoms with Gasteiger partial charge in [0.25, 0.3) is 0 Å². The third-order valence-corrected chi connectivity index (χ3v) is 2.44. The molecule has 0 aliphatic rings. The number of nitrogens with zero attached hydrogens (tertiary/aromatic N) is 3. The lowest BCUT2D eigenvalue weighted by Gasteiger charge is -2.04. The summed E-state index contributed by atoms with van der Waals surface area (Å²) in [6.45, 7) is 5.33. The number of aromatic nitrogens is 2. The molecule has 8 nitrogen and oxygen atoms in total. The van der Waals surface area contributed by atoms with Crippen molar-refractivity contribution in [1.82, 2.24) is 15.1 Å². The highest BCUT2D eigenvalue weighted by Gasteiger charge is 2.17. The molecule has 8 heteroatoms. The first-order valence-electron chi connectivity index (χ1n) is 6.08. The molecule has 0 fully saturated rings. The minimum atomic E-state index is -0.580. The van der Waals surface area contributed by atoms with Crippen molar-refractivity contribution in [2.24, 2.45) is 0 Å². The van der Waals surface area contributed by atoms with E-state index in [-0.39, 0.29) is 18.3 Å². The summed E-state index contributed by atoms with van der Waals surface area (Å²) in [7, 11) is 0. The van der Waals surface area contributed by atoms with Crippen molar-refractivity contribution in [2.45, 2.75) is 26.8 Å². The highest BCUT2D eigenvalue weighted by Crippen LogP contribution is 2.10. The van der Waals surface area contributed by atoms with Crippen LogP contribution in [0.15, 0.2) is 6.07 Å². The second-order valence-corrected chi connectivity index (χ2v) is 3.96. The van der Waals surface area contributed by atoms with E-state index >= 15 is 0 Å². The predicted molar refractivity (Wildman–Crippen MR) is 67.7 cm³/mol. The first-order valence-corrected chi connectivity index (χ1v) is 6.08. The fraction of sp³-hybridized carbons (Fsp3) is 0.636. The number of rotatable bonds is 8. The van der Waals surface area contributed by atoms with Gasteiger partial charge in [0.15, 0.2) is 0 Å². The second-order valence-electron chi connectivity index (χ2n) is 3.96. The number of carbonyl (C=O) groups excluding carboxylic acids is 1. The summed E-state index contributed by atoms with van der Waals surface area (Å²) in [5, 5.41) is 17.0. The van der Waals surface area contributed by atoms with Crippen LogP contribution in [-0.2, 0) is 16.1 Å². The van der Waals surface area contributed by atoms with Crippen LogP contribution in [0.3, 0.4) is 0 Å². The van der Waals surface area contributed by atoms with Crippen molar-refractivity contribution in [1.29, 1.82) is 0 Å². The van der Waals surface area contributed by atoms with E-state index in [1.54, 1.807) is 6.92 Å². The van der Waals surface area contributed by atoms with Crippen LogP contribution in [-0.4, -0.2) is 40.4 Å². The molecule has 1 aromatic heterocycles. The van der Waals surface area contributed by atoms with Crippen molar-refractivity contribution < 1.29 is 14.5 Å². The smallest absolute Gasteiger partial charge is 0.382 e. The van der Waals surface area contributed by atoms with Gasteiger partial charge in [-0.2, -0.15) is 4.68 Å². The van der Waals surface area contributed by atoms with Gasteiger partial charge >= 0.3 is 5.82 Å². The zero-order valence-corrected chi connectivity index (χ0v) is 11.1. The van der Waals surface area contributed by atoms with Crippen LogP contribution in [0, 0.1) is 17.0 Å². The molecule has 0 aliphatic carbocycles. The molecule has 0 spiro atoms. The Morgan fingerprint density at radius 1 is 1.63 bits per heavy atom. The van der Waals surface area contributed by atoms with Crippen LogP contribution >= 0.6 is 0 Å². The third kappa shape index (κ3) is 5.04. The molecule has 0 unspecified atom stereocenters. The number of hydrogen-bond acceptors (Lipinski definition) is 5. The minimum absolute atomic E-state index is 0.0195. The Morgan fingerprint density at radius 3 is 2.95 bits per heavy atom. The standard InChI is InChI=1S/C11H18N4O4/c1-3-19-6-4-5-12-11(16)8-14-9(2)7-10(13-14)15(17)18/h7H,3-6,8H2,1-2H3,(H,12,16). The zero-order chi connectivity index (χ0) is 14.3. The van der Waals surface area contributed by atoms with Crippen molar-refractivity contribution in [3.05, 3.63) is 21.9 Å². The summed E-state index contributed by atoms with van der Waals surface area (Å²) in [5.74, 6) is -0.473. The largest absolute Gasteiger partial charge is 0.390 e. The maximum atomic E-state index is 11.6. The average molecular weight is 270 g/mol. The van der Waals surface area contributed by atoms with Gasteiger partial charge in [0, 0.05) is 19.8 Å². The van der Waals surface area contributed by atoms with Gasteiger partial charge in [-0.05, 0) is 25.2 Å². The predicted octanol–water partition coefficient (Wildman–Crippen LogP) is 0.643. The summed E-state index contributed by atoms with van der Waals surface area (Å²) in [5.41, 5.74) is 0.580. The highest BCUT2D eigenvalue weighted by atomic mass is 16.6. The van der Waals surface area contributed by atoms with Crippen molar-refractivity contribution in [3.63, 3.8) is 0 Å². The summed E-state index contributed by atoms with van der Waals surface area (Å²) in [6.07, 6.45) is 0.734. The molecule has 1 heterocycles. The SMILES string of the molecule is CCOCCCNC(=O)Cn1nc([N+](=O)[O-])cc1C. The Bertz CT molecular complexity index is 444. The molecule has 0 saturated heterocycles. The lowest BCUT2D eigenvalue weighted by molar-refractivity contribution is -0.389. The molecule has 0 saturated carbocycles. The number of amides is 1. The van der Waals surface area contributed by atoms with E-state index in [0.29, 0.717) is 25.5 Å². The van der Waals surface area contributed by atoms with E-state index in [1.807, 2.05) is 6.92 Å². The molecule has 1 rings (SSSR count). The van der Waals surface area contributed by atoms with Crippen LogP contribution in [0.5, 0.6) is 0 Å². The molecule has 1 aromatic rings. The first-order chi connectivity index (χ1) is 9.04. The van der Waals surface area contributed by atoms with Gasteiger partial charge in [0.1, 0.15) is 6.54 Å². The molecular weight excluding hydrogens is 252 g/mol. The molecule has 106 valence electrons. The number of carbonyl (C=O) groups is 1. The number of aryl methyl sites for hydroxylation is 1. The molecule has 1 N–H and O–H groups in total. The van der Waals surface area contributed by atoms with Gasteiger partial charge in [0.2, 0.25) is 5.91 Å². The van der Waals surface area contributed by atoms with Crippen molar-refractivity contribution in [2.75, 3.05) is 19.8 Å². The molecule has 0 atom stereocenters. The number of nitrogens with one attached hydrogen (secondary N) is 1. The van der Waals surface area contributed by atoms with E-state index in [2.05, 4.69) is 10.4 Å². The van der Waals surface area contributed by atoms with E-state index in [9.17, 15) is 14.9 Å². The number of nitro groups is 1. The Balaban J connectivity index is 2.38. The molecule has 0 bridgehead atoms. The van der Waals surface area contributed by atoms with Gasteiger partial charge in [-0.1, -0.05) is 0 Å². The van der Waals surface area contributed by atoms with E-state index < -0.39 is 4.92 Å². The fourth-order valence-electron chi connectivity index (χ4n) is 1.48. The molecular formula is C11H18N4O4. The van der Waals surface area contributed by atoms with Crippen LogP contribution < -0.4 is 5.32 Å². The van der Waals surface area contributed by atoms with Gasteiger partial charge in [0.05, 0.1) is 16.9 Å². The molecule has 1 amide bonds. The summed E-state index contributed by atoms with van der Waals surface area (Å²) < 4.78 is 6.45. The van der Waals surface area contributed by atoms with Gasteiger partial charge in [-0.3, -0.25) is 4.79 Å². The van der Waals surface area contributed by atoms with Crippen LogP contribution in [0.25, 0.3) is 0 Å². The third-order valence-electron chi connectivity index (χ3n) is 2.44. The van der Waals surface area contributed by atoms with Crippen LogP contribution in [0.2, 0.25) is 0 Å². The van der Waals surface area contributed by atoms with E-state index in [4.69, 9.17) is 4.74 Å². The average Bonchev–Trinajstić information content (AvgIpc) is 2.71. The summed E-state index contributed by atoms with van der Waals surface area (Å²) in [6, 6.07) is 1.34. The van der Waals surface area contributed by atoms with Gasteiger partial charge < -0.3 is 20.2 Å². The molecule has 0 radical (unpaired) electrons. The Hall–Kier alpha value is -1.96. The zero-order valence-electron chi connectivity index (χ0n) is 11.1. The lowest BCUT2D eigenvalue weighted by Crippen LogP contribution is -2.29. The van der Waals surface area contributed by atoms with Crippen molar-refractivity contribution in [3.8, 4) is 0 Å².